The van der Waals surface area contributed by atoms with E-state index in [2.05, 4.69) is 33.4 Å². The number of amides is 1. The Bertz CT molecular complexity index is 1200. The molecule has 0 bridgehead atoms. The number of ether oxygens (including phenoxy) is 1. The SMILES string of the molecule is COc1cccc(C(CNC(=O)C2CCN(c3oc(-c4ccco4)nc3C#N)CC2)N2CCCC2)c1. The maximum atomic E-state index is 13.1. The number of piperidine rings is 1. The van der Waals surface area contributed by atoms with Gasteiger partial charge in [-0.25, -0.2) is 0 Å². The third-order valence-electron chi connectivity index (χ3n) is 7.13. The number of likely N-dealkylation sites (tertiary alicyclic amines) is 1. The molecular formula is C27H31N5O4. The van der Waals surface area contributed by atoms with Gasteiger partial charge in [0, 0.05) is 25.6 Å². The number of hydrogen-bond donors (Lipinski definition) is 1. The molecule has 1 N–H and O–H groups in total. The normalized spacial score (nSPS) is 17.6. The second-order valence-electron chi connectivity index (χ2n) is 9.30. The zero-order valence-corrected chi connectivity index (χ0v) is 20.5. The molecule has 0 radical (unpaired) electrons. The third kappa shape index (κ3) is 5.09. The van der Waals surface area contributed by atoms with Crippen molar-refractivity contribution in [2.24, 2.45) is 5.92 Å². The number of aromatic nitrogens is 1. The predicted octanol–water partition coefficient (Wildman–Crippen LogP) is 3.98. The van der Waals surface area contributed by atoms with Crippen LogP contribution in [0.5, 0.6) is 5.75 Å². The molecule has 1 aromatic carbocycles. The van der Waals surface area contributed by atoms with Crippen LogP contribution < -0.4 is 15.0 Å². The first-order valence-electron chi connectivity index (χ1n) is 12.5. The number of carbonyl (C=O) groups is 1. The predicted molar refractivity (Wildman–Crippen MR) is 133 cm³/mol. The van der Waals surface area contributed by atoms with Crippen LogP contribution in [0.25, 0.3) is 11.7 Å². The van der Waals surface area contributed by atoms with E-state index in [4.69, 9.17) is 13.6 Å². The molecule has 1 amide bonds. The Kier molecular flexibility index (Phi) is 7.23. The highest BCUT2D eigenvalue weighted by atomic mass is 16.5. The number of nitrogens with one attached hydrogen (secondary N) is 1. The molecule has 1 unspecified atom stereocenters. The smallest absolute Gasteiger partial charge is 0.266 e. The molecule has 188 valence electrons. The van der Waals surface area contributed by atoms with Crippen LogP contribution in [0, 0.1) is 17.2 Å². The van der Waals surface area contributed by atoms with E-state index in [1.807, 2.05) is 17.0 Å². The van der Waals surface area contributed by atoms with Crippen LogP contribution in [0.2, 0.25) is 0 Å². The second kappa shape index (κ2) is 10.9. The number of anilines is 1. The molecular weight excluding hydrogens is 458 g/mol. The summed E-state index contributed by atoms with van der Waals surface area (Å²) in [6, 6.07) is 13.9. The zero-order chi connectivity index (χ0) is 24.9. The summed E-state index contributed by atoms with van der Waals surface area (Å²) in [6.07, 6.45) is 5.27. The first kappa shape index (κ1) is 23.9. The fraction of sp³-hybridized carbons (Fsp3) is 0.444. The van der Waals surface area contributed by atoms with Gasteiger partial charge in [-0.05, 0) is 68.6 Å². The van der Waals surface area contributed by atoms with E-state index in [1.54, 1.807) is 19.2 Å². The lowest BCUT2D eigenvalue weighted by Crippen LogP contribution is -2.43. The maximum absolute atomic E-state index is 13.1. The van der Waals surface area contributed by atoms with Crippen molar-refractivity contribution in [1.82, 2.24) is 15.2 Å². The van der Waals surface area contributed by atoms with Crippen LogP contribution in [-0.2, 0) is 4.79 Å². The molecule has 2 aromatic heterocycles. The molecule has 5 rings (SSSR count). The molecule has 36 heavy (non-hydrogen) atoms. The molecule has 2 aliphatic rings. The lowest BCUT2D eigenvalue weighted by Gasteiger charge is -2.32. The number of furan rings is 1. The van der Waals surface area contributed by atoms with Gasteiger partial charge in [-0.3, -0.25) is 9.69 Å². The van der Waals surface area contributed by atoms with E-state index >= 15 is 0 Å². The number of oxazole rings is 1. The average Bonchev–Trinajstić information content (AvgIpc) is 3.71. The maximum Gasteiger partial charge on any atom is 0.266 e. The monoisotopic (exact) mass is 489 g/mol. The largest absolute Gasteiger partial charge is 0.497 e. The van der Waals surface area contributed by atoms with Crippen LogP contribution in [0.15, 0.2) is 51.5 Å². The van der Waals surface area contributed by atoms with Crippen molar-refractivity contribution in [3.63, 3.8) is 0 Å². The van der Waals surface area contributed by atoms with Crippen molar-refractivity contribution in [3.05, 3.63) is 53.9 Å². The summed E-state index contributed by atoms with van der Waals surface area (Å²) in [5.41, 5.74) is 1.39. The fourth-order valence-electron chi connectivity index (χ4n) is 5.15. The Morgan fingerprint density at radius 2 is 2.03 bits per heavy atom. The van der Waals surface area contributed by atoms with Crippen molar-refractivity contribution in [2.45, 2.75) is 31.7 Å². The Hall–Kier alpha value is -3.77. The van der Waals surface area contributed by atoms with Gasteiger partial charge in [0.2, 0.25) is 17.5 Å². The van der Waals surface area contributed by atoms with Gasteiger partial charge in [0.15, 0.2) is 5.76 Å². The zero-order valence-electron chi connectivity index (χ0n) is 20.5. The summed E-state index contributed by atoms with van der Waals surface area (Å²) < 4.78 is 16.6. The van der Waals surface area contributed by atoms with Crippen LogP contribution in [-0.4, -0.2) is 55.6 Å². The molecule has 0 saturated carbocycles. The molecule has 4 heterocycles. The summed E-state index contributed by atoms with van der Waals surface area (Å²) in [5.74, 6) is 2.04. The standard InChI is InChI=1S/C27H31N5O4/c1-34-21-7-4-6-20(16-21)23(31-11-2-3-12-31)18-29-25(33)19-9-13-32(14-10-19)27-22(17-28)30-26(36-27)24-8-5-15-35-24/h4-8,15-16,19,23H,2-3,9-14,18H2,1H3,(H,29,33). The topological polar surface area (TPSA) is 108 Å². The summed E-state index contributed by atoms with van der Waals surface area (Å²) in [7, 11) is 1.67. The molecule has 2 saturated heterocycles. The highest BCUT2D eigenvalue weighted by Gasteiger charge is 2.30. The minimum absolute atomic E-state index is 0.0797. The molecule has 2 aliphatic heterocycles. The number of rotatable bonds is 8. The summed E-state index contributed by atoms with van der Waals surface area (Å²) in [6.45, 7) is 3.87. The van der Waals surface area contributed by atoms with E-state index in [-0.39, 0.29) is 29.5 Å². The van der Waals surface area contributed by atoms with Crippen molar-refractivity contribution < 1.29 is 18.4 Å². The van der Waals surface area contributed by atoms with Gasteiger partial charge in [0.05, 0.1) is 19.4 Å². The van der Waals surface area contributed by atoms with E-state index in [0.717, 1.165) is 24.4 Å². The van der Waals surface area contributed by atoms with E-state index in [9.17, 15) is 10.1 Å². The second-order valence-corrected chi connectivity index (χ2v) is 9.30. The first-order chi connectivity index (χ1) is 17.7. The highest BCUT2D eigenvalue weighted by Crippen LogP contribution is 2.32. The van der Waals surface area contributed by atoms with E-state index in [0.29, 0.717) is 44.1 Å². The molecule has 0 spiro atoms. The first-order valence-corrected chi connectivity index (χ1v) is 12.5. The quantitative estimate of drug-likeness (QED) is 0.506. The van der Waals surface area contributed by atoms with Crippen LogP contribution >= 0.6 is 0 Å². The van der Waals surface area contributed by atoms with Gasteiger partial charge in [-0.2, -0.15) is 10.2 Å². The number of carbonyl (C=O) groups excluding carboxylic acids is 1. The Balaban J connectivity index is 1.20. The average molecular weight is 490 g/mol. The Morgan fingerprint density at radius 1 is 1.22 bits per heavy atom. The van der Waals surface area contributed by atoms with Gasteiger partial charge in [-0.1, -0.05) is 12.1 Å². The summed E-state index contributed by atoms with van der Waals surface area (Å²) in [5, 5.41) is 12.8. The molecule has 2 fully saturated rings. The minimum atomic E-state index is -0.0798. The van der Waals surface area contributed by atoms with Crippen molar-refractivity contribution >= 4 is 11.8 Å². The fourth-order valence-corrected chi connectivity index (χ4v) is 5.15. The van der Waals surface area contributed by atoms with Crippen molar-refractivity contribution in [2.75, 3.05) is 44.7 Å². The number of benzene rings is 1. The number of nitrogens with zero attached hydrogens (tertiary/aromatic N) is 4. The molecule has 3 aromatic rings. The summed E-state index contributed by atoms with van der Waals surface area (Å²) >= 11 is 0. The highest BCUT2D eigenvalue weighted by molar-refractivity contribution is 5.79. The lowest BCUT2D eigenvalue weighted by molar-refractivity contribution is -0.125. The van der Waals surface area contributed by atoms with Gasteiger partial charge in [-0.15, -0.1) is 0 Å². The van der Waals surface area contributed by atoms with Crippen molar-refractivity contribution in [1.29, 1.82) is 5.26 Å². The number of methoxy groups -OCH3 is 1. The van der Waals surface area contributed by atoms with Crippen LogP contribution in [0.4, 0.5) is 5.88 Å². The van der Waals surface area contributed by atoms with E-state index < -0.39 is 0 Å². The Labute approximate surface area is 210 Å². The lowest BCUT2D eigenvalue weighted by atomic mass is 9.95. The third-order valence-corrected chi connectivity index (χ3v) is 7.13. The van der Waals surface area contributed by atoms with E-state index in [1.165, 1.54) is 19.1 Å². The van der Waals surface area contributed by atoms with Gasteiger partial charge < -0.3 is 23.8 Å². The van der Waals surface area contributed by atoms with Crippen LogP contribution in [0.3, 0.4) is 0 Å². The minimum Gasteiger partial charge on any atom is -0.497 e. The van der Waals surface area contributed by atoms with Gasteiger partial charge in [0.25, 0.3) is 5.89 Å². The summed E-state index contributed by atoms with van der Waals surface area (Å²) in [4.78, 5) is 21.8. The Morgan fingerprint density at radius 3 is 2.72 bits per heavy atom. The van der Waals surface area contributed by atoms with Crippen LogP contribution in [0.1, 0.15) is 43.0 Å². The molecule has 0 aliphatic carbocycles. The van der Waals surface area contributed by atoms with Crippen molar-refractivity contribution in [3.8, 4) is 23.5 Å². The molecule has 9 nitrogen and oxygen atoms in total. The number of nitriles is 1. The number of hydrogen-bond acceptors (Lipinski definition) is 8. The molecule has 1 atom stereocenters. The molecule has 9 heteroatoms. The van der Waals surface area contributed by atoms with Gasteiger partial charge in [0.1, 0.15) is 11.8 Å². The van der Waals surface area contributed by atoms with Gasteiger partial charge >= 0.3 is 0 Å².